The number of hydrogen-bond donors (Lipinski definition) is 2. The van der Waals surface area contributed by atoms with Crippen LogP contribution in [0.25, 0.3) is 0 Å². The Hall–Kier alpha value is -2.13. The molecule has 8 nitrogen and oxygen atoms in total. The van der Waals surface area contributed by atoms with Gasteiger partial charge in [-0.05, 0) is 13.0 Å². The molecule has 2 aromatic rings. The lowest BCUT2D eigenvalue weighted by Gasteiger charge is -2.25. The maximum absolute atomic E-state index is 12.8. The third-order valence-electron chi connectivity index (χ3n) is 4.09. The summed E-state index contributed by atoms with van der Waals surface area (Å²) in [6, 6.07) is 1.22. The molecule has 3 heterocycles. The molecule has 22 heavy (non-hydrogen) atoms. The van der Waals surface area contributed by atoms with Crippen molar-refractivity contribution in [3.8, 4) is 0 Å². The summed E-state index contributed by atoms with van der Waals surface area (Å²) in [7, 11) is -2.20. The van der Waals surface area contributed by atoms with Crippen LogP contribution in [0.1, 0.15) is 27.4 Å². The van der Waals surface area contributed by atoms with Gasteiger partial charge < -0.3 is 9.67 Å². The van der Waals surface area contributed by atoms with Crippen LogP contribution in [0.15, 0.2) is 17.2 Å². The van der Waals surface area contributed by atoms with E-state index in [1.807, 2.05) is 0 Å². The Morgan fingerprint density at radius 2 is 2.18 bits per heavy atom. The van der Waals surface area contributed by atoms with Gasteiger partial charge in [0.05, 0.1) is 6.20 Å². The van der Waals surface area contributed by atoms with E-state index in [0.29, 0.717) is 18.7 Å². The van der Waals surface area contributed by atoms with E-state index in [2.05, 4.69) is 10.2 Å². The van der Waals surface area contributed by atoms with Gasteiger partial charge in [-0.1, -0.05) is 0 Å². The summed E-state index contributed by atoms with van der Waals surface area (Å²) in [6.07, 6.45) is 2.18. The molecule has 118 valence electrons. The van der Waals surface area contributed by atoms with Crippen LogP contribution >= 0.6 is 0 Å². The second-order valence-electron chi connectivity index (χ2n) is 5.31. The van der Waals surface area contributed by atoms with Crippen LogP contribution < -0.4 is 0 Å². The van der Waals surface area contributed by atoms with E-state index < -0.39 is 16.0 Å². The van der Waals surface area contributed by atoms with Gasteiger partial charge in [-0.3, -0.25) is 5.10 Å². The average molecular weight is 324 g/mol. The number of carboxylic acids is 1. The number of nitrogens with one attached hydrogen (secondary N) is 1. The van der Waals surface area contributed by atoms with Crippen molar-refractivity contribution >= 4 is 16.0 Å². The minimum atomic E-state index is -3.74. The third-order valence-corrected chi connectivity index (χ3v) is 6.05. The highest BCUT2D eigenvalue weighted by Crippen LogP contribution is 2.27. The van der Waals surface area contributed by atoms with E-state index in [1.165, 1.54) is 14.9 Å². The summed E-state index contributed by atoms with van der Waals surface area (Å²) >= 11 is 0. The Bertz CT molecular complexity index is 850. The number of rotatable bonds is 3. The molecule has 0 atom stereocenters. The Labute approximate surface area is 127 Å². The number of carbonyl (C=O) groups is 1. The number of aromatic nitrogens is 3. The number of fused-ring (bicyclic) bond motifs is 1. The fourth-order valence-corrected chi connectivity index (χ4v) is 4.37. The summed E-state index contributed by atoms with van der Waals surface area (Å²) in [5.74, 6) is -1.15. The Morgan fingerprint density at radius 1 is 1.45 bits per heavy atom. The minimum absolute atomic E-state index is 0.0411. The lowest BCUT2D eigenvalue weighted by atomic mass is 10.1. The number of aromatic amines is 1. The first kappa shape index (κ1) is 14.8. The second-order valence-corrected chi connectivity index (χ2v) is 7.21. The topological polar surface area (TPSA) is 108 Å². The van der Waals surface area contributed by atoms with Crippen LogP contribution in [-0.2, 0) is 30.0 Å². The zero-order chi connectivity index (χ0) is 16.1. The van der Waals surface area contributed by atoms with Crippen molar-refractivity contribution in [2.75, 3.05) is 6.54 Å². The molecule has 1 aliphatic heterocycles. The van der Waals surface area contributed by atoms with Gasteiger partial charge in [0, 0.05) is 43.5 Å². The normalized spacial score (nSPS) is 15.7. The first-order valence-corrected chi connectivity index (χ1v) is 8.17. The number of aromatic carboxylic acids is 1. The summed E-state index contributed by atoms with van der Waals surface area (Å²) < 4.78 is 28.4. The van der Waals surface area contributed by atoms with E-state index in [4.69, 9.17) is 5.11 Å². The van der Waals surface area contributed by atoms with Crippen molar-refractivity contribution in [3.63, 3.8) is 0 Å². The highest BCUT2D eigenvalue weighted by atomic mass is 32.2. The van der Waals surface area contributed by atoms with Gasteiger partial charge in [0.25, 0.3) is 0 Å². The van der Waals surface area contributed by atoms with Crippen LogP contribution in [0.5, 0.6) is 0 Å². The lowest BCUT2D eigenvalue weighted by Crippen LogP contribution is -2.35. The molecule has 0 bridgehead atoms. The highest BCUT2D eigenvalue weighted by Gasteiger charge is 2.32. The molecule has 0 saturated carbocycles. The largest absolute Gasteiger partial charge is 0.477 e. The Morgan fingerprint density at radius 3 is 2.82 bits per heavy atom. The molecule has 0 aliphatic carbocycles. The molecule has 0 radical (unpaired) electrons. The molecule has 0 amide bonds. The Balaban J connectivity index is 2.01. The zero-order valence-electron chi connectivity index (χ0n) is 12.2. The van der Waals surface area contributed by atoms with Crippen LogP contribution in [0.2, 0.25) is 0 Å². The smallest absolute Gasteiger partial charge is 0.352 e. The fourth-order valence-electron chi connectivity index (χ4n) is 2.68. The van der Waals surface area contributed by atoms with Crippen molar-refractivity contribution in [2.45, 2.75) is 24.8 Å². The molecule has 3 rings (SSSR count). The maximum atomic E-state index is 12.8. The number of H-pyrrole nitrogens is 1. The second kappa shape index (κ2) is 4.96. The number of carboxylic acid groups (broad SMARTS) is 1. The van der Waals surface area contributed by atoms with Crippen LogP contribution in [-0.4, -0.2) is 45.1 Å². The van der Waals surface area contributed by atoms with Gasteiger partial charge >= 0.3 is 5.97 Å². The minimum Gasteiger partial charge on any atom is -0.477 e. The highest BCUT2D eigenvalue weighted by molar-refractivity contribution is 7.89. The van der Waals surface area contributed by atoms with Gasteiger partial charge in [0.2, 0.25) is 10.0 Å². The molecule has 0 saturated heterocycles. The van der Waals surface area contributed by atoms with Gasteiger partial charge in [-0.25, -0.2) is 13.2 Å². The summed E-state index contributed by atoms with van der Waals surface area (Å²) in [5, 5.41) is 15.9. The molecular weight excluding hydrogens is 308 g/mol. The van der Waals surface area contributed by atoms with Crippen molar-refractivity contribution in [1.82, 2.24) is 19.1 Å². The summed E-state index contributed by atoms with van der Waals surface area (Å²) in [6.45, 7) is 2.19. The molecule has 1 aliphatic rings. The molecule has 0 fully saturated rings. The van der Waals surface area contributed by atoms with E-state index >= 15 is 0 Å². The first-order valence-electron chi connectivity index (χ1n) is 6.73. The van der Waals surface area contributed by atoms with E-state index in [1.54, 1.807) is 20.2 Å². The molecule has 2 N–H and O–H groups in total. The summed E-state index contributed by atoms with van der Waals surface area (Å²) in [5.41, 5.74) is 2.16. The zero-order valence-corrected chi connectivity index (χ0v) is 13.0. The quantitative estimate of drug-likeness (QED) is 0.855. The van der Waals surface area contributed by atoms with Crippen molar-refractivity contribution < 1.29 is 18.3 Å². The van der Waals surface area contributed by atoms with Gasteiger partial charge in [-0.2, -0.15) is 9.40 Å². The van der Waals surface area contributed by atoms with Crippen LogP contribution in [0, 0.1) is 6.92 Å². The number of hydrogen-bond acceptors (Lipinski definition) is 4. The maximum Gasteiger partial charge on any atom is 0.352 e. The van der Waals surface area contributed by atoms with E-state index in [-0.39, 0.29) is 17.1 Å². The predicted molar refractivity (Wildman–Crippen MR) is 77.0 cm³/mol. The van der Waals surface area contributed by atoms with Crippen molar-refractivity contribution in [3.05, 3.63) is 34.9 Å². The SMILES string of the molecule is Cc1c(S(=O)(=O)N2CCc3[nH]ncc3C2)cc(C(=O)O)n1C. The summed E-state index contributed by atoms with van der Waals surface area (Å²) in [4.78, 5) is 11.2. The van der Waals surface area contributed by atoms with E-state index in [9.17, 15) is 13.2 Å². The molecule has 2 aromatic heterocycles. The van der Waals surface area contributed by atoms with Crippen LogP contribution in [0.4, 0.5) is 0 Å². The average Bonchev–Trinajstić information content (AvgIpc) is 3.04. The molecular formula is C13H16N4O4S. The molecule has 0 unspecified atom stereocenters. The Kier molecular flexibility index (Phi) is 3.33. The first-order chi connectivity index (χ1) is 10.3. The van der Waals surface area contributed by atoms with Gasteiger partial charge in [0.1, 0.15) is 10.6 Å². The lowest BCUT2D eigenvalue weighted by molar-refractivity contribution is 0.0686. The number of nitrogens with zero attached hydrogens (tertiary/aromatic N) is 3. The molecule has 9 heteroatoms. The monoisotopic (exact) mass is 324 g/mol. The molecule has 0 spiro atoms. The standard InChI is InChI=1S/C13H16N4O4S/c1-8-12(5-11(13(18)19)16(8)2)22(20,21)17-4-3-10-9(7-17)6-14-15-10/h5-6H,3-4,7H2,1-2H3,(H,14,15)(H,18,19). The van der Waals surface area contributed by atoms with Gasteiger partial charge in [-0.15, -0.1) is 0 Å². The third kappa shape index (κ3) is 2.13. The fraction of sp³-hybridized carbons (Fsp3) is 0.385. The van der Waals surface area contributed by atoms with Crippen molar-refractivity contribution in [1.29, 1.82) is 0 Å². The van der Waals surface area contributed by atoms with Crippen LogP contribution in [0.3, 0.4) is 0 Å². The molecule has 0 aromatic carbocycles. The predicted octanol–water partition coefficient (Wildman–Crippen LogP) is 0.502. The van der Waals surface area contributed by atoms with Gasteiger partial charge in [0.15, 0.2) is 0 Å². The van der Waals surface area contributed by atoms with E-state index in [0.717, 1.165) is 11.3 Å². The number of sulfonamides is 1. The van der Waals surface area contributed by atoms with Crippen molar-refractivity contribution in [2.24, 2.45) is 7.05 Å².